The molecule has 6 heteroatoms. The number of ether oxygens (including phenoxy) is 1. The number of aliphatic hydroxyl groups is 1. The third kappa shape index (κ3) is 2.74. The van der Waals surface area contributed by atoms with Crippen molar-refractivity contribution in [2.24, 2.45) is 0 Å². The molecular weight excluding hydrogens is 248 g/mol. The molecule has 0 saturated carbocycles. The molecule has 0 aliphatic rings. The summed E-state index contributed by atoms with van der Waals surface area (Å²) in [5.41, 5.74) is 0.107. The zero-order chi connectivity index (χ0) is 13.8. The molecule has 0 aliphatic heterocycles. The molecule has 6 nitrogen and oxygen atoms in total. The minimum absolute atomic E-state index is 0.0495. The summed E-state index contributed by atoms with van der Waals surface area (Å²) in [7, 11) is 0. The second-order valence-electron chi connectivity index (χ2n) is 3.81. The topological polar surface area (TPSA) is 84.6 Å². The van der Waals surface area contributed by atoms with E-state index in [-0.39, 0.29) is 11.4 Å². The zero-order valence-electron chi connectivity index (χ0n) is 10.4. The third-order valence-electron chi connectivity index (χ3n) is 2.53. The van der Waals surface area contributed by atoms with Gasteiger partial charge in [-0.3, -0.25) is 4.79 Å². The van der Waals surface area contributed by atoms with Crippen LogP contribution in [0.5, 0.6) is 11.5 Å². The van der Waals surface area contributed by atoms with Crippen LogP contribution in [-0.4, -0.2) is 26.6 Å². The molecule has 0 amide bonds. The summed E-state index contributed by atoms with van der Waals surface area (Å²) in [6.07, 6.45) is 0. The van der Waals surface area contributed by atoms with E-state index in [9.17, 15) is 9.90 Å². The first-order valence-corrected chi connectivity index (χ1v) is 5.82. The maximum atomic E-state index is 11.7. The molecule has 19 heavy (non-hydrogen) atoms. The van der Waals surface area contributed by atoms with Crippen molar-refractivity contribution in [1.29, 1.82) is 0 Å². The standard InChI is InChI=1S/C13H14N2O4/c1-2-19-10-5-3-9(4-6-10)15-13(18)7-12(17)11(8-16)14-15/h3-7,16-17H,2,8H2,1H3. The fourth-order valence-electron chi connectivity index (χ4n) is 1.63. The first-order chi connectivity index (χ1) is 9.15. The van der Waals surface area contributed by atoms with Gasteiger partial charge in [0.2, 0.25) is 0 Å². The van der Waals surface area contributed by atoms with Gasteiger partial charge in [-0.05, 0) is 31.2 Å². The molecule has 0 fully saturated rings. The van der Waals surface area contributed by atoms with Gasteiger partial charge in [0.1, 0.15) is 17.2 Å². The Morgan fingerprint density at radius 3 is 2.58 bits per heavy atom. The minimum atomic E-state index is -0.473. The van der Waals surface area contributed by atoms with E-state index in [0.29, 0.717) is 18.0 Å². The van der Waals surface area contributed by atoms with Crippen molar-refractivity contribution >= 4 is 0 Å². The van der Waals surface area contributed by atoms with Crippen molar-refractivity contribution in [3.63, 3.8) is 0 Å². The summed E-state index contributed by atoms with van der Waals surface area (Å²) in [6, 6.07) is 7.82. The lowest BCUT2D eigenvalue weighted by Crippen LogP contribution is -2.21. The highest BCUT2D eigenvalue weighted by Crippen LogP contribution is 2.15. The molecule has 0 radical (unpaired) electrons. The fraction of sp³-hybridized carbons (Fsp3) is 0.231. The molecule has 0 aliphatic carbocycles. The molecule has 0 bridgehead atoms. The monoisotopic (exact) mass is 262 g/mol. The smallest absolute Gasteiger partial charge is 0.275 e. The first-order valence-electron chi connectivity index (χ1n) is 5.82. The van der Waals surface area contributed by atoms with Gasteiger partial charge in [0, 0.05) is 6.07 Å². The van der Waals surface area contributed by atoms with Gasteiger partial charge in [0.15, 0.2) is 0 Å². The Bertz CT molecular complexity index is 620. The number of hydrogen-bond donors (Lipinski definition) is 2. The van der Waals surface area contributed by atoms with Crippen LogP contribution >= 0.6 is 0 Å². The largest absolute Gasteiger partial charge is 0.506 e. The maximum Gasteiger partial charge on any atom is 0.275 e. The molecule has 2 rings (SSSR count). The highest BCUT2D eigenvalue weighted by atomic mass is 16.5. The van der Waals surface area contributed by atoms with Crippen LogP contribution in [0.3, 0.4) is 0 Å². The Morgan fingerprint density at radius 2 is 2.00 bits per heavy atom. The summed E-state index contributed by atoms with van der Waals surface area (Å²) in [5.74, 6) is 0.384. The van der Waals surface area contributed by atoms with E-state index in [1.807, 2.05) is 6.92 Å². The SMILES string of the molecule is CCOc1ccc(-n2nc(CO)c(O)cc2=O)cc1. The van der Waals surface area contributed by atoms with E-state index >= 15 is 0 Å². The van der Waals surface area contributed by atoms with Gasteiger partial charge in [0.05, 0.1) is 18.9 Å². The van der Waals surface area contributed by atoms with Crippen LogP contribution in [0.1, 0.15) is 12.6 Å². The van der Waals surface area contributed by atoms with Crippen LogP contribution < -0.4 is 10.3 Å². The highest BCUT2D eigenvalue weighted by molar-refractivity contribution is 5.37. The van der Waals surface area contributed by atoms with Gasteiger partial charge in [0.25, 0.3) is 5.56 Å². The van der Waals surface area contributed by atoms with Crippen molar-refractivity contribution in [2.45, 2.75) is 13.5 Å². The Hall–Kier alpha value is -2.34. The number of nitrogens with zero attached hydrogens (tertiary/aromatic N) is 2. The molecule has 0 atom stereocenters. The van der Waals surface area contributed by atoms with Crippen LogP contribution in [0.2, 0.25) is 0 Å². The molecule has 0 unspecified atom stereocenters. The summed E-state index contributed by atoms with van der Waals surface area (Å²) in [6.45, 7) is 2.00. The lowest BCUT2D eigenvalue weighted by Gasteiger charge is -2.08. The third-order valence-corrected chi connectivity index (χ3v) is 2.53. The van der Waals surface area contributed by atoms with Gasteiger partial charge in [-0.2, -0.15) is 9.78 Å². The van der Waals surface area contributed by atoms with E-state index in [4.69, 9.17) is 9.84 Å². The molecule has 2 N–H and O–H groups in total. The van der Waals surface area contributed by atoms with E-state index in [2.05, 4.69) is 5.10 Å². The quantitative estimate of drug-likeness (QED) is 0.852. The van der Waals surface area contributed by atoms with Crippen molar-refractivity contribution in [2.75, 3.05) is 6.61 Å². The number of benzene rings is 1. The van der Waals surface area contributed by atoms with E-state index < -0.39 is 12.2 Å². The zero-order valence-corrected chi connectivity index (χ0v) is 10.4. The predicted molar refractivity (Wildman–Crippen MR) is 68.6 cm³/mol. The van der Waals surface area contributed by atoms with E-state index in [1.165, 1.54) is 0 Å². The Kier molecular flexibility index (Phi) is 3.82. The van der Waals surface area contributed by atoms with Crippen LogP contribution in [-0.2, 0) is 6.61 Å². The van der Waals surface area contributed by atoms with Crippen molar-refractivity contribution in [3.8, 4) is 17.2 Å². The van der Waals surface area contributed by atoms with Crippen LogP contribution in [0.4, 0.5) is 0 Å². The first kappa shape index (κ1) is 13.1. The second kappa shape index (κ2) is 5.53. The molecule has 1 aromatic heterocycles. The lowest BCUT2D eigenvalue weighted by atomic mass is 10.3. The number of aromatic nitrogens is 2. The van der Waals surface area contributed by atoms with Crippen LogP contribution in [0.15, 0.2) is 35.1 Å². The van der Waals surface area contributed by atoms with E-state index in [1.54, 1.807) is 24.3 Å². The molecular formula is C13H14N2O4. The molecule has 1 heterocycles. The Morgan fingerprint density at radius 1 is 1.32 bits per heavy atom. The molecule has 0 saturated heterocycles. The number of hydrogen-bond acceptors (Lipinski definition) is 5. The van der Waals surface area contributed by atoms with E-state index in [0.717, 1.165) is 10.7 Å². The summed E-state index contributed by atoms with van der Waals surface area (Å²) in [4.78, 5) is 11.7. The fourth-order valence-corrected chi connectivity index (χ4v) is 1.63. The highest BCUT2D eigenvalue weighted by Gasteiger charge is 2.08. The summed E-state index contributed by atoms with van der Waals surface area (Å²) in [5, 5.41) is 22.4. The minimum Gasteiger partial charge on any atom is -0.506 e. The Balaban J connectivity index is 2.43. The molecule has 100 valence electrons. The van der Waals surface area contributed by atoms with Gasteiger partial charge in [-0.1, -0.05) is 0 Å². The molecule has 2 aromatic rings. The normalized spacial score (nSPS) is 10.4. The number of rotatable bonds is 4. The van der Waals surface area contributed by atoms with Crippen molar-refractivity contribution in [3.05, 3.63) is 46.4 Å². The number of aromatic hydroxyl groups is 1. The van der Waals surface area contributed by atoms with Gasteiger partial charge >= 0.3 is 0 Å². The van der Waals surface area contributed by atoms with Gasteiger partial charge < -0.3 is 14.9 Å². The van der Waals surface area contributed by atoms with Crippen LogP contribution in [0, 0.1) is 0 Å². The predicted octanol–water partition coefficient (Wildman–Crippen LogP) is 0.829. The van der Waals surface area contributed by atoms with Crippen molar-refractivity contribution in [1.82, 2.24) is 9.78 Å². The van der Waals surface area contributed by atoms with Gasteiger partial charge in [-0.25, -0.2) is 0 Å². The number of aliphatic hydroxyl groups excluding tert-OH is 1. The summed E-state index contributed by atoms with van der Waals surface area (Å²) >= 11 is 0. The average molecular weight is 262 g/mol. The maximum absolute atomic E-state index is 11.7. The summed E-state index contributed by atoms with van der Waals surface area (Å²) < 4.78 is 6.42. The lowest BCUT2D eigenvalue weighted by molar-refractivity contribution is 0.266. The molecule has 1 aromatic carbocycles. The van der Waals surface area contributed by atoms with Crippen molar-refractivity contribution < 1.29 is 14.9 Å². The van der Waals surface area contributed by atoms with Crippen LogP contribution in [0.25, 0.3) is 5.69 Å². The Labute approximate surface area is 109 Å². The van der Waals surface area contributed by atoms with Gasteiger partial charge in [-0.15, -0.1) is 0 Å². The molecule has 0 spiro atoms. The average Bonchev–Trinajstić information content (AvgIpc) is 2.41. The second-order valence-corrected chi connectivity index (χ2v) is 3.81.